The Labute approximate surface area is 99.4 Å². The number of benzene rings is 1. The molecular weight excluding hydrogens is 218 g/mol. The van der Waals surface area contributed by atoms with Gasteiger partial charge in [0.15, 0.2) is 0 Å². The van der Waals surface area contributed by atoms with Gasteiger partial charge in [0.25, 0.3) is 0 Å². The Kier molecular flexibility index (Phi) is 3.39. The molecule has 1 heterocycles. The summed E-state index contributed by atoms with van der Waals surface area (Å²) in [6.07, 6.45) is 0.566. The third-order valence-corrected chi connectivity index (χ3v) is 3.46. The smallest absolute Gasteiger partial charge is 0.106 e. The fourth-order valence-corrected chi connectivity index (χ4v) is 2.44. The van der Waals surface area contributed by atoms with Gasteiger partial charge >= 0.3 is 0 Å². The van der Waals surface area contributed by atoms with Crippen LogP contribution in [0.1, 0.15) is 11.1 Å². The van der Waals surface area contributed by atoms with Crippen molar-refractivity contribution < 1.29 is 5.11 Å². The lowest BCUT2D eigenvalue weighted by Gasteiger charge is -2.26. The molecule has 3 heteroatoms. The summed E-state index contributed by atoms with van der Waals surface area (Å²) in [4.78, 5) is 0. The van der Waals surface area contributed by atoms with Crippen LogP contribution in [0.15, 0.2) is 47.2 Å². The minimum Gasteiger partial charge on any atom is -0.383 e. The average molecular weight is 233 g/mol. The number of rotatable bonds is 4. The molecule has 0 aliphatic carbocycles. The average Bonchev–Trinajstić information content (AvgIpc) is 2.83. The van der Waals surface area contributed by atoms with Crippen LogP contribution in [0.4, 0.5) is 0 Å². The molecule has 0 saturated heterocycles. The van der Waals surface area contributed by atoms with Crippen molar-refractivity contribution in [2.24, 2.45) is 5.73 Å². The fraction of sp³-hybridized carbons (Fsp3) is 0.231. The van der Waals surface area contributed by atoms with Crippen LogP contribution < -0.4 is 5.73 Å². The van der Waals surface area contributed by atoms with Gasteiger partial charge in [-0.1, -0.05) is 30.3 Å². The SMILES string of the molecule is NCC(O)(Cc1ccsc1)c1ccccc1. The van der Waals surface area contributed by atoms with Crippen molar-refractivity contribution >= 4 is 11.3 Å². The Bertz CT molecular complexity index is 426. The van der Waals surface area contributed by atoms with Crippen molar-refractivity contribution in [3.05, 3.63) is 58.3 Å². The molecule has 1 aromatic carbocycles. The van der Waals surface area contributed by atoms with E-state index in [-0.39, 0.29) is 6.54 Å². The Morgan fingerprint density at radius 3 is 2.50 bits per heavy atom. The van der Waals surface area contributed by atoms with E-state index in [1.807, 2.05) is 47.2 Å². The first-order valence-corrected chi connectivity index (χ1v) is 6.18. The van der Waals surface area contributed by atoms with Crippen LogP contribution in [-0.4, -0.2) is 11.7 Å². The monoisotopic (exact) mass is 233 g/mol. The number of hydrogen-bond donors (Lipinski definition) is 2. The van der Waals surface area contributed by atoms with Gasteiger partial charge < -0.3 is 10.8 Å². The molecule has 2 nitrogen and oxygen atoms in total. The Morgan fingerprint density at radius 2 is 1.94 bits per heavy atom. The summed E-state index contributed by atoms with van der Waals surface area (Å²) < 4.78 is 0. The Hall–Kier alpha value is -1.16. The Balaban J connectivity index is 2.26. The van der Waals surface area contributed by atoms with Gasteiger partial charge in [-0.05, 0) is 28.0 Å². The largest absolute Gasteiger partial charge is 0.383 e. The summed E-state index contributed by atoms with van der Waals surface area (Å²) in [5.74, 6) is 0. The predicted molar refractivity (Wildman–Crippen MR) is 67.4 cm³/mol. The topological polar surface area (TPSA) is 46.2 Å². The van der Waals surface area contributed by atoms with Gasteiger partial charge in [-0.15, -0.1) is 0 Å². The molecule has 0 spiro atoms. The van der Waals surface area contributed by atoms with Crippen LogP contribution >= 0.6 is 11.3 Å². The van der Waals surface area contributed by atoms with Crippen molar-refractivity contribution in [3.63, 3.8) is 0 Å². The molecular formula is C13H15NOS. The lowest BCUT2D eigenvalue weighted by Crippen LogP contribution is -2.37. The van der Waals surface area contributed by atoms with E-state index >= 15 is 0 Å². The molecule has 1 unspecified atom stereocenters. The molecule has 84 valence electrons. The predicted octanol–water partition coefficient (Wildman–Crippen LogP) is 2.14. The quantitative estimate of drug-likeness (QED) is 0.850. The molecule has 0 amide bonds. The zero-order valence-electron chi connectivity index (χ0n) is 8.97. The first kappa shape index (κ1) is 11.3. The minimum atomic E-state index is -0.956. The van der Waals surface area contributed by atoms with Crippen molar-refractivity contribution in [1.29, 1.82) is 0 Å². The zero-order chi connectivity index (χ0) is 11.4. The molecule has 16 heavy (non-hydrogen) atoms. The maximum Gasteiger partial charge on any atom is 0.106 e. The zero-order valence-corrected chi connectivity index (χ0v) is 9.78. The first-order chi connectivity index (χ1) is 7.74. The highest BCUT2D eigenvalue weighted by atomic mass is 32.1. The van der Waals surface area contributed by atoms with Crippen LogP contribution in [-0.2, 0) is 12.0 Å². The summed E-state index contributed by atoms with van der Waals surface area (Å²) in [6, 6.07) is 11.6. The van der Waals surface area contributed by atoms with Gasteiger partial charge in [-0.25, -0.2) is 0 Å². The second kappa shape index (κ2) is 4.78. The van der Waals surface area contributed by atoms with Crippen molar-refractivity contribution in [1.82, 2.24) is 0 Å². The highest BCUT2D eigenvalue weighted by molar-refractivity contribution is 7.07. The molecule has 0 bridgehead atoms. The van der Waals surface area contributed by atoms with Gasteiger partial charge in [0.1, 0.15) is 5.60 Å². The Morgan fingerprint density at radius 1 is 1.19 bits per heavy atom. The van der Waals surface area contributed by atoms with Crippen LogP contribution in [0.25, 0.3) is 0 Å². The van der Waals surface area contributed by atoms with E-state index in [0.29, 0.717) is 6.42 Å². The summed E-state index contributed by atoms with van der Waals surface area (Å²) in [5.41, 5.74) is 6.76. The highest BCUT2D eigenvalue weighted by Crippen LogP contribution is 2.25. The maximum absolute atomic E-state index is 10.5. The number of hydrogen-bond acceptors (Lipinski definition) is 3. The van der Waals surface area contributed by atoms with Gasteiger partial charge in [0.2, 0.25) is 0 Å². The number of aliphatic hydroxyl groups is 1. The summed E-state index contributed by atoms with van der Waals surface area (Å²) in [5, 5.41) is 14.6. The number of thiophene rings is 1. The van der Waals surface area contributed by atoms with E-state index in [1.54, 1.807) is 11.3 Å². The molecule has 0 radical (unpaired) electrons. The fourth-order valence-electron chi connectivity index (χ4n) is 1.77. The lowest BCUT2D eigenvalue weighted by atomic mass is 9.88. The maximum atomic E-state index is 10.5. The van der Waals surface area contributed by atoms with Crippen molar-refractivity contribution in [3.8, 4) is 0 Å². The molecule has 2 rings (SSSR count). The molecule has 0 saturated carbocycles. The van der Waals surface area contributed by atoms with Crippen molar-refractivity contribution in [2.45, 2.75) is 12.0 Å². The molecule has 0 aliphatic rings. The third-order valence-electron chi connectivity index (χ3n) is 2.73. The van der Waals surface area contributed by atoms with E-state index in [1.165, 1.54) is 0 Å². The molecule has 3 N–H and O–H groups in total. The minimum absolute atomic E-state index is 0.229. The van der Waals surface area contributed by atoms with Gasteiger partial charge in [-0.2, -0.15) is 11.3 Å². The summed E-state index contributed by atoms with van der Waals surface area (Å²) in [7, 11) is 0. The summed E-state index contributed by atoms with van der Waals surface area (Å²) in [6.45, 7) is 0.229. The summed E-state index contributed by atoms with van der Waals surface area (Å²) >= 11 is 1.63. The van der Waals surface area contributed by atoms with E-state index < -0.39 is 5.60 Å². The van der Waals surface area contributed by atoms with Crippen molar-refractivity contribution in [2.75, 3.05) is 6.54 Å². The second-order valence-electron chi connectivity index (χ2n) is 3.91. The molecule has 2 aromatic rings. The standard InChI is InChI=1S/C13H15NOS/c14-10-13(15,8-11-6-7-16-9-11)12-4-2-1-3-5-12/h1-7,9,15H,8,10,14H2. The molecule has 1 aromatic heterocycles. The lowest BCUT2D eigenvalue weighted by molar-refractivity contribution is 0.0464. The van der Waals surface area contributed by atoms with Gasteiger partial charge in [-0.3, -0.25) is 0 Å². The van der Waals surface area contributed by atoms with Crippen LogP contribution in [0.2, 0.25) is 0 Å². The van der Waals surface area contributed by atoms with Gasteiger partial charge in [0, 0.05) is 13.0 Å². The van der Waals surface area contributed by atoms with E-state index in [4.69, 9.17) is 5.73 Å². The van der Waals surface area contributed by atoms with E-state index in [9.17, 15) is 5.11 Å². The second-order valence-corrected chi connectivity index (χ2v) is 4.69. The highest BCUT2D eigenvalue weighted by Gasteiger charge is 2.27. The first-order valence-electron chi connectivity index (χ1n) is 5.24. The van der Waals surface area contributed by atoms with Crippen LogP contribution in [0.3, 0.4) is 0 Å². The van der Waals surface area contributed by atoms with E-state index in [0.717, 1.165) is 11.1 Å². The van der Waals surface area contributed by atoms with Gasteiger partial charge in [0.05, 0.1) is 0 Å². The van der Waals surface area contributed by atoms with Crippen LogP contribution in [0, 0.1) is 0 Å². The normalized spacial score (nSPS) is 14.6. The van der Waals surface area contributed by atoms with E-state index in [2.05, 4.69) is 0 Å². The number of nitrogens with two attached hydrogens (primary N) is 1. The third kappa shape index (κ3) is 2.32. The molecule has 0 aliphatic heterocycles. The van der Waals surface area contributed by atoms with Crippen LogP contribution in [0.5, 0.6) is 0 Å². The molecule has 1 atom stereocenters. The molecule has 0 fully saturated rings.